The van der Waals surface area contributed by atoms with E-state index in [1.807, 2.05) is 13.1 Å². The molecule has 1 N–H and O–H groups in total. The van der Waals surface area contributed by atoms with Crippen LogP contribution < -0.4 is 0 Å². The van der Waals surface area contributed by atoms with Gasteiger partial charge in [-0.1, -0.05) is 6.42 Å². The van der Waals surface area contributed by atoms with Crippen LogP contribution in [0.1, 0.15) is 32.1 Å². The van der Waals surface area contributed by atoms with Crippen molar-refractivity contribution in [2.75, 3.05) is 33.7 Å². The van der Waals surface area contributed by atoms with Gasteiger partial charge in [-0.2, -0.15) is 5.26 Å². The third kappa shape index (κ3) is 5.58. The predicted octanol–water partition coefficient (Wildman–Crippen LogP) is 0.841. The summed E-state index contributed by atoms with van der Waals surface area (Å²) < 4.78 is 0. The molecule has 2 atom stereocenters. The zero-order chi connectivity index (χ0) is 14.3. The maximum atomic E-state index is 11.8. The van der Waals surface area contributed by atoms with Crippen LogP contribution in [0.25, 0.3) is 0 Å². The largest absolute Gasteiger partial charge is 0.393 e. The predicted molar refractivity (Wildman–Crippen MR) is 73.3 cm³/mol. The highest BCUT2D eigenvalue weighted by atomic mass is 16.3. The minimum atomic E-state index is -0.170. The van der Waals surface area contributed by atoms with Crippen LogP contribution in [-0.4, -0.2) is 60.6 Å². The van der Waals surface area contributed by atoms with Crippen molar-refractivity contribution in [2.45, 2.75) is 38.2 Å². The van der Waals surface area contributed by atoms with E-state index in [-0.39, 0.29) is 12.0 Å². The molecule has 1 saturated carbocycles. The molecular weight excluding hydrogens is 242 g/mol. The van der Waals surface area contributed by atoms with E-state index >= 15 is 0 Å². The van der Waals surface area contributed by atoms with Crippen LogP contribution in [0.3, 0.4) is 0 Å². The van der Waals surface area contributed by atoms with Gasteiger partial charge in [0.25, 0.3) is 0 Å². The van der Waals surface area contributed by atoms with E-state index in [0.717, 1.165) is 25.8 Å². The molecule has 5 nitrogen and oxygen atoms in total. The Morgan fingerprint density at radius 3 is 2.68 bits per heavy atom. The molecule has 5 heteroatoms. The average Bonchev–Trinajstić information content (AvgIpc) is 2.78. The third-order valence-corrected chi connectivity index (χ3v) is 3.86. The summed E-state index contributed by atoms with van der Waals surface area (Å²) in [5.41, 5.74) is 0. The molecule has 0 bridgehead atoms. The summed E-state index contributed by atoms with van der Waals surface area (Å²) in [6.45, 7) is 2.07. The molecule has 0 aromatic heterocycles. The Hall–Kier alpha value is -1.12. The number of hydrogen-bond donors (Lipinski definition) is 1. The van der Waals surface area contributed by atoms with Gasteiger partial charge in [0.15, 0.2) is 0 Å². The van der Waals surface area contributed by atoms with E-state index in [1.165, 1.54) is 0 Å². The Kier molecular flexibility index (Phi) is 6.82. The second-order valence-electron chi connectivity index (χ2n) is 5.49. The lowest BCUT2D eigenvalue weighted by atomic mass is 10.1. The second-order valence-corrected chi connectivity index (χ2v) is 5.49. The summed E-state index contributed by atoms with van der Waals surface area (Å²) in [7, 11) is 3.73. The monoisotopic (exact) mass is 267 g/mol. The number of amides is 1. The first-order chi connectivity index (χ1) is 9.04. The second kappa shape index (κ2) is 8.13. The summed E-state index contributed by atoms with van der Waals surface area (Å²) in [6, 6.07) is 2.04. The maximum absolute atomic E-state index is 11.8. The molecule has 0 saturated heterocycles. The highest BCUT2D eigenvalue weighted by Crippen LogP contribution is 2.25. The van der Waals surface area contributed by atoms with Crippen molar-refractivity contribution in [3.8, 4) is 6.07 Å². The average molecular weight is 267 g/mol. The quantitative estimate of drug-likeness (QED) is 0.742. The van der Waals surface area contributed by atoms with E-state index in [2.05, 4.69) is 4.90 Å². The molecule has 0 aromatic rings. The molecule has 1 amide bonds. The first-order valence-corrected chi connectivity index (χ1v) is 7.02. The van der Waals surface area contributed by atoms with Gasteiger partial charge in [-0.25, -0.2) is 0 Å². The van der Waals surface area contributed by atoms with Gasteiger partial charge in [-0.3, -0.25) is 4.79 Å². The van der Waals surface area contributed by atoms with E-state index < -0.39 is 0 Å². The Labute approximate surface area is 115 Å². The summed E-state index contributed by atoms with van der Waals surface area (Å²) in [5, 5.41) is 18.2. The van der Waals surface area contributed by atoms with Crippen molar-refractivity contribution in [1.29, 1.82) is 5.26 Å². The van der Waals surface area contributed by atoms with Crippen molar-refractivity contribution in [3.05, 3.63) is 0 Å². The maximum Gasteiger partial charge on any atom is 0.223 e. The minimum Gasteiger partial charge on any atom is -0.393 e. The molecule has 1 aliphatic carbocycles. The lowest BCUT2D eigenvalue weighted by molar-refractivity contribution is -0.130. The van der Waals surface area contributed by atoms with Crippen molar-refractivity contribution in [1.82, 2.24) is 9.80 Å². The number of aliphatic hydroxyl groups is 1. The molecular formula is C14H25N3O2. The van der Waals surface area contributed by atoms with Crippen molar-refractivity contribution >= 4 is 5.91 Å². The number of aliphatic hydroxyl groups excluding tert-OH is 1. The van der Waals surface area contributed by atoms with Gasteiger partial charge in [0.2, 0.25) is 5.91 Å². The normalized spacial score (nSPS) is 22.5. The van der Waals surface area contributed by atoms with E-state index in [0.29, 0.717) is 31.8 Å². The lowest BCUT2D eigenvalue weighted by Gasteiger charge is -2.24. The van der Waals surface area contributed by atoms with Gasteiger partial charge < -0.3 is 14.9 Å². The topological polar surface area (TPSA) is 67.6 Å². The number of nitrogens with zero attached hydrogens (tertiary/aromatic N) is 3. The molecule has 108 valence electrons. The first-order valence-electron chi connectivity index (χ1n) is 7.02. The number of hydrogen-bond acceptors (Lipinski definition) is 4. The molecule has 0 aliphatic heterocycles. The fraction of sp³-hybridized carbons (Fsp3) is 0.857. The number of nitriles is 1. The molecule has 0 radical (unpaired) electrons. The zero-order valence-corrected chi connectivity index (χ0v) is 12.0. The number of carbonyl (C=O) groups excluding carboxylic acids is 1. The Bertz CT molecular complexity index is 327. The van der Waals surface area contributed by atoms with Crippen molar-refractivity contribution < 1.29 is 9.90 Å². The molecule has 1 rings (SSSR count). The van der Waals surface area contributed by atoms with Crippen LogP contribution >= 0.6 is 0 Å². The first kappa shape index (κ1) is 15.9. The van der Waals surface area contributed by atoms with Gasteiger partial charge in [0.1, 0.15) is 0 Å². The molecule has 0 aromatic carbocycles. The Balaban J connectivity index is 2.20. The van der Waals surface area contributed by atoms with Gasteiger partial charge in [0.05, 0.1) is 18.6 Å². The van der Waals surface area contributed by atoms with Crippen LogP contribution in [0, 0.1) is 17.2 Å². The summed E-state index contributed by atoms with van der Waals surface area (Å²) in [5.74, 6) is 0.436. The smallest absolute Gasteiger partial charge is 0.223 e. The summed E-state index contributed by atoms with van der Waals surface area (Å²) in [6.07, 6.45) is 3.79. The fourth-order valence-corrected chi connectivity index (χ4v) is 2.54. The number of carbonyl (C=O) groups is 1. The van der Waals surface area contributed by atoms with Crippen molar-refractivity contribution in [2.24, 2.45) is 5.92 Å². The highest BCUT2D eigenvalue weighted by Gasteiger charge is 2.26. The third-order valence-electron chi connectivity index (χ3n) is 3.86. The van der Waals surface area contributed by atoms with Gasteiger partial charge in [0, 0.05) is 33.1 Å². The molecule has 1 fully saturated rings. The molecule has 2 unspecified atom stereocenters. The van der Waals surface area contributed by atoms with E-state index in [4.69, 9.17) is 5.26 Å². The van der Waals surface area contributed by atoms with Crippen LogP contribution in [-0.2, 0) is 4.79 Å². The van der Waals surface area contributed by atoms with Crippen LogP contribution in [0.2, 0.25) is 0 Å². The Morgan fingerprint density at radius 1 is 1.37 bits per heavy atom. The van der Waals surface area contributed by atoms with Crippen LogP contribution in [0.15, 0.2) is 0 Å². The molecule has 1 aliphatic rings. The van der Waals surface area contributed by atoms with Crippen LogP contribution in [0.5, 0.6) is 0 Å². The zero-order valence-electron chi connectivity index (χ0n) is 12.0. The van der Waals surface area contributed by atoms with E-state index in [1.54, 1.807) is 11.9 Å². The summed E-state index contributed by atoms with van der Waals surface area (Å²) >= 11 is 0. The highest BCUT2D eigenvalue weighted by molar-refractivity contribution is 5.76. The Morgan fingerprint density at radius 2 is 2.11 bits per heavy atom. The van der Waals surface area contributed by atoms with Crippen LogP contribution in [0.4, 0.5) is 0 Å². The SMILES string of the molecule is CN(CCC(=O)N(C)CCC#N)CC1CCCC1O. The fourth-order valence-electron chi connectivity index (χ4n) is 2.54. The number of rotatable bonds is 7. The summed E-state index contributed by atoms with van der Waals surface area (Å²) in [4.78, 5) is 15.5. The van der Waals surface area contributed by atoms with Crippen molar-refractivity contribution in [3.63, 3.8) is 0 Å². The van der Waals surface area contributed by atoms with Gasteiger partial charge in [-0.05, 0) is 25.8 Å². The standard InChI is InChI=1S/C14H25N3O2/c1-16(11-12-5-3-6-13(12)18)10-7-14(19)17(2)9-4-8-15/h12-13,18H,3-7,9-11H2,1-2H3. The van der Waals surface area contributed by atoms with Gasteiger partial charge >= 0.3 is 0 Å². The molecule has 0 spiro atoms. The minimum absolute atomic E-state index is 0.0778. The van der Waals surface area contributed by atoms with E-state index in [9.17, 15) is 9.90 Å². The lowest BCUT2D eigenvalue weighted by Crippen LogP contribution is -2.34. The van der Waals surface area contributed by atoms with Gasteiger partial charge in [-0.15, -0.1) is 0 Å². The molecule has 0 heterocycles. The molecule has 19 heavy (non-hydrogen) atoms.